The Kier molecular flexibility index (Phi) is 8.44. The van der Waals surface area contributed by atoms with Crippen molar-refractivity contribution in [3.05, 3.63) is 63.1 Å². The summed E-state index contributed by atoms with van der Waals surface area (Å²) in [5.74, 6) is 0.160. The third-order valence-electron chi connectivity index (χ3n) is 5.95. The van der Waals surface area contributed by atoms with E-state index >= 15 is 0 Å². The average Bonchev–Trinajstić information content (AvgIpc) is 3.26. The molecule has 1 aliphatic rings. The van der Waals surface area contributed by atoms with Crippen LogP contribution in [0.5, 0.6) is 5.75 Å². The van der Waals surface area contributed by atoms with E-state index in [2.05, 4.69) is 5.32 Å². The van der Waals surface area contributed by atoms with Crippen LogP contribution in [-0.2, 0) is 16.1 Å². The van der Waals surface area contributed by atoms with Gasteiger partial charge in [0.1, 0.15) is 11.8 Å². The van der Waals surface area contributed by atoms with Gasteiger partial charge in [0.05, 0.1) is 0 Å². The van der Waals surface area contributed by atoms with Crippen molar-refractivity contribution >= 4 is 35.0 Å². The number of carbonyl (C=O) groups excluding carboxylic acids is 2. The van der Waals surface area contributed by atoms with E-state index in [1.54, 1.807) is 25.1 Å². The van der Waals surface area contributed by atoms with Crippen molar-refractivity contribution in [3.63, 3.8) is 0 Å². The molecular weight excluding hydrogens is 447 g/mol. The summed E-state index contributed by atoms with van der Waals surface area (Å²) in [5.41, 5.74) is 2.59. The number of nitrogens with one attached hydrogen (secondary N) is 1. The fourth-order valence-corrected chi connectivity index (χ4v) is 4.43. The van der Waals surface area contributed by atoms with Crippen molar-refractivity contribution in [1.82, 2.24) is 10.2 Å². The van der Waals surface area contributed by atoms with Crippen molar-refractivity contribution in [2.45, 2.75) is 65.1 Å². The lowest BCUT2D eigenvalue weighted by atomic mass is 10.1. The highest BCUT2D eigenvalue weighted by Crippen LogP contribution is 2.27. The Morgan fingerprint density at radius 2 is 1.78 bits per heavy atom. The number of aryl methyl sites for hydroxylation is 2. The summed E-state index contributed by atoms with van der Waals surface area (Å²) in [6.45, 7) is 5.55. The predicted molar refractivity (Wildman–Crippen MR) is 128 cm³/mol. The molecule has 1 saturated carbocycles. The highest BCUT2D eigenvalue weighted by Gasteiger charge is 2.29. The monoisotopic (exact) mass is 476 g/mol. The van der Waals surface area contributed by atoms with Crippen LogP contribution < -0.4 is 10.1 Å². The molecule has 0 aliphatic heterocycles. The summed E-state index contributed by atoms with van der Waals surface area (Å²) in [7, 11) is 0. The topological polar surface area (TPSA) is 58.6 Å². The van der Waals surface area contributed by atoms with Crippen molar-refractivity contribution < 1.29 is 14.3 Å². The highest BCUT2D eigenvalue weighted by molar-refractivity contribution is 6.36. The lowest BCUT2D eigenvalue weighted by Crippen LogP contribution is -2.50. The minimum atomic E-state index is -0.697. The SMILES string of the molecule is Cc1ccc(C)c(OCC(=O)N(Cc2c(Cl)cccc2Cl)[C@@H](C)C(=O)NC2CCCC2)c1. The molecule has 0 spiro atoms. The number of ether oxygens (including phenoxy) is 1. The number of hydrogen-bond donors (Lipinski definition) is 1. The number of hydrogen-bond acceptors (Lipinski definition) is 3. The van der Waals surface area contributed by atoms with Crippen LogP contribution in [0.25, 0.3) is 0 Å². The van der Waals surface area contributed by atoms with E-state index in [-0.39, 0.29) is 31.0 Å². The number of amides is 2. The number of halogens is 2. The Bertz CT molecular complexity index is 953. The molecule has 1 fully saturated rings. The van der Waals surface area contributed by atoms with Gasteiger partial charge in [-0.3, -0.25) is 9.59 Å². The number of nitrogens with zero attached hydrogens (tertiary/aromatic N) is 1. The van der Waals surface area contributed by atoms with Gasteiger partial charge in [0.15, 0.2) is 6.61 Å². The van der Waals surface area contributed by atoms with E-state index in [9.17, 15) is 9.59 Å². The third kappa shape index (κ3) is 6.17. The number of rotatable bonds is 8. The molecule has 0 radical (unpaired) electrons. The second-order valence-electron chi connectivity index (χ2n) is 8.45. The molecule has 2 amide bonds. The van der Waals surface area contributed by atoms with Crippen molar-refractivity contribution in [2.75, 3.05) is 6.61 Å². The summed E-state index contributed by atoms with van der Waals surface area (Å²) in [6, 6.07) is 10.5. The van der Waals surface area contributed by atoms with Gasteiger partial charge in [0.2, 0.25) is 5.91 Å². The van der Waals surface area contributed by atoms with Gasteiger partial charge in [0.25, 0.3) is 5.91 Å². The Morgan fingerprint density at radius 3 is 2.44 bits per heavy atom. The zero-order valence-corrected chi connectivity index (χ0v) is 20.3. The first-order valence-corrected chi connectivity index (χ1v) is 11.7. The van der Waals surface area contributed by atoms with Gasteiger partial charge >= 0.3 is 0 Å². The minimum absolute atomic E-state index is 0.118. The summed E-state index contributed by atoms with van der Waals surface area (Å²) in [4.78, 5) is 27.7. The van der Waals surface area contributed by atoms with Crippen molar-refractivity contribution in [1.29, 1.82) is 0 Å². The largest absolute Gasteiger partial charge is 0.483 e. The smallest absolute Gasteiger partial charge is 0.261 e. The molecule has 3 rings (SSSR count). The first-order valence-electron chi connectivity index (χ1n) is 11.0. The zero-order chi connectivity index (χ0) is 23.3. The summed E-state index contributed by atoms with van der Waals surface area (Å²) < 4.78 is 5.83. The molecule has 0 aromatic heterocycles. The van der Waals surface area contributed by atoms with Crippen LogP contribution in [0.2, 0.25) is 10.0 Å². The lowest BCUT2D eigenvalue weighted by molar-refractivity contribution is -0.142. The van der Waals surface area contributed by atoms with Gasteiger partial charge in [0, 0.05) is 28.2 Å². The van der Waals surface area contributed by atoms with Crippen LogP contribution in [0, 0.1) is 13.8 Å². The maximum Gasteiger partial charge on any atom is 0.261 e. The van der Waals surface area contributed by atoms with E-state index in [4.69, 9.17) is 27.9 Å². The van der Waals surface area contributed by atoms with E-state index in [1.165, 1.54) is 4.90 Å². The Balaban J connectivity index is 1.79. The summed E-state index contributed by atoms with van der Waals surface area (Å²) in [6.07, 6.45) is 4.17. The van der Waals surface area contributed by atoms with E-state index in [0.717, 1.165) is 36.8 Å². The van der Waals surface area contributed by atoms with Crippen molar-refractivity contribution in [3.8, 4) is 5.75 Å². The van der Waals surface area contributed by atoms with Gasteiger partial charge in [-0.05, 0) is 62.9 Å². The molecule has 0 unspecified atom stereocenters. The van der Waals surface area contributed by atoms with Crippen LogP contribution >= 0.6 is 23.2 Å². The second kappa shape index (κ2) is 11.1. The molecule has 1 atom stereocenters. The first kappa shape index (κ1) is 24.4. The first-order chi connectivity index (χ1) is 15.3. The molecule has 1 aliphatic carbocycles. The van der Waals surface area contributed by atoms with E-state index < -0.39 is 6.04 Å². The van der Waals surface area contributed by atoms with E-state index in [1.807, 2.05) is 32.0 Å². The van der Waals surface area contributed by atoms with Gasteiger partial charge in [-0.2, -0.15) is 0 Å². The zero-order valence-electron chi connectivity index (χ0n) is 18.8. The molecule has 2 aromatic carbocycles. The van der Waals surface area contributed by atoms with Crippen LogP contribution in [0.1, 0.15) is 49.3 Å². The fourth-order valence-electron chi connectivity index (χ4n) is 3.91. The van der Waals surface area contributed by atoms with Gasteiger partial charge in [-0.1, -0.05) is 54.2 Å². The van der Waals surface area contributed by atoms with Crippen LogP contribution in [0.4, 0.5) is 0 Å². The number of carbonyl (C=O) groups is 2. The highest BCUT2D eigenvalue weighted by atomic mass is 35.5. The fraction of sp³-hybridized carbons (Fsp3) is 0.440. The standard InChI is InChI=1S/C25H30Cl2N2O3/c1-16-11-12-17(2)23(13-16)32-15-24(30)29(14-20-21(26)9-6-10-22(20)27)18(3)25(31)28-19-7-4-5-8-19/h6,9-13,18-19H,4-5,7-8,14-15H2,1-3H3,(H,28,31)/t18-/m0/s1. The molecular formula is C25H30Cl2N2O3. The second-order valence-corrected chi connectivity index (χ2v) is 9.26. The van der Waals surface area contributed by atoms with Gasteiger partial charge in [-0.15, -0.1) is 0 Å². The van der Waals surface area contributed by atoms with Crippen LogP contribution in [0.15, 0.2) is 36.4 Å². The normalized spacial score (nSPS) is 14.8. The maximum absolute atomic E-state index is 13.3. The molecule has 2 aromatic rings. The summed E-state index contributed by atoms with van der Waals surface area (Å²) in [5, 5.41) is 3.99. The molecule has 1 N–H and O–H groups in total. The predicted octanol–water partition coefficient (Wildman–Crippen LogP) is 5.47. The molecule has 172 valence electrons. The molecule has 32 heavy (non-hydrogen) atoms. The van der Waals surface area contributed by atoms with Gasteiger partial charge in [-0.25, -0.2) is 0 Å². The number of benzene rings is 2. The molecule has 0 bridgehead atoms. The Labute approximate surface area is 200 Å². The van der Waals surface area contributed by atoms with Crippen molar-refractivity contribution in [2.24, 2.45) is 0 Å². The van der Waals surface area contributed by atoms with Crippen LogP contribution in [0.3, 0.4) is 0 Å². The van der Waals surface area contributed by atoms with E-state index in [0.29, 0.717) is 21.4 Å². The van der Waals surface area contributed by atoms with Gasteiger partial charge < -0.3 is 15.0 Å². The molecule has 0 heterocycles. The van der Waals surface area contributed by atoms with Crippen LogP contribution in [-0.4, -0.2) is 35.4 Å². The lowest BCUT2D eigenvalue weighted by Gasteiger charge is -2.30. The Morgan fingerprint density at radius 1 is 1.12 bits per heavy atom. The quantitative estimate of drug-likeness (QED) is 0.549. The Hall–Kier alpha value is -2.24. The average molecular weight is 477 g/mol. The molecule has 5 nitrogen and oxygen atoms in total. The molecule has 7 heteroatoms. The minimum Gasteiger partial charge on any atom is -0.483 e. The third-order valence-corrected chi connectivity index (χ3v) is 6.66. The maximum atomic E-state index is 13.3. The summed E-state index contributed by atoms with van der Waals surface area (Å²) >= 11 is 12.7. The molecule has 0 saturated heterocycles.